The van der Waals surface area contributed by atoms with Crippen LogP contribution in [0.2, 0.25) is 15.1 Å². The summed E-state index contributed by atoms with van der Waals surface area (Å²) in [5.41, 5.74) is 0.693. The number of allylic oxidation sites excluding steroid dienone is 1. The number of imidazole rings is 1. The van der Waals surface area contributed by atoms with E-state index in [-0.39, 0.29) is 39.1 Å². The summed E-state index contributed by atoms with van der Waals surface area (Å²) in [5.74, 6) is 0.481. The van der Waals surface area contributed by atoms with E-state index in [0.29, 0.717) is 22.9 Å². The van der Waals surface area contributed by atoms with Gasteiger partial charge in [0.05, 0.1) is 32.2 Å². The highest BCUT2D eigenvalue weighted by Crippen LogP contribution is 2.37. The molecule has 13 heteroatoms. The van der Waals surface area contributed by atoms with Crippen molar-refractivity contribution >= 4 is 40.4 Å². The number of fused-ring (bicyclic) bond motifs is 1. The predicted molar refractivity (Wildman–Crippen MR) is 125 cm³/mol. The number of ether oxygens (including phenoxy) is 1. The maximum absolute atomic E-state index is 13.1. The van der Waals surface area contributed by atoms with Crippen molar-refractivity contribution < 1.29 is 22.4 Å². The molecule has 0 bridgehead atoms. The lowest BCUT2D eigenvalue weighted by molar-refractivity contribution is -0.137. The van der Waals surface area contributed by atoms with Crippen LogP contribution in [-0.4, -0.2) is 32.2 Å². The second-order valence-corrected chi connectivity index (χ2v) is 9.13. The second kappa shape index (κ2) is 8.92. The average molecular weight is 545 g/mol. The van der Waals surface area contributed by atoms with Crippen LogP contribution in [0.1, 0.15) is 18.4 Å². The minimum atomic E-state index is -4.56. The second-order valence-electron chi connectivity index (χ2n) is 7.91. The summed E-state index contributed by atoms with van der Waals surface area (Å²) >= 11 is 18.8. The molecular formula is C22H15Cl3F3N5O2. The first-order chi connectivity index (χ1) is 16.6. The Labute approximate surface area is 211 Å². The summed E-state index contributed by atoms with van der Waals surface area (Å²) in [4.78, 5) is 8.49. The van der Waals surface area contributed by atoms with Crippen LogP contribution < -0.4 is 10.1 Å². The largest absolute Gasteiger partial charge is 0.490 e. The number of nitrogens with one attached hydrogen (secondary N) is 1. The Kier molecular flexibility index (Phi) is 6.06. The molecule has 1 aliphatic heterocycles. The van der Waals surface area contributed by atoms with Gasteiger partial charge in [-0.1, -0.05) is 46.5 Å². The van der Waals surface area contributed by atoms with Crippen LogP contribution in [0.4, 0.5) is 13.2 Å². The van der Waals surface area contributed by atoms with Gasteiger partial charge in [-0.05, 0) is 25.0 Å². The van der Waals surface area contributed by atoms with E-state index in [1.807, 2.05) is 0 Å². The number of aromatic nitrogens is 4. The molecule has 0 unspecified atom stereocenters. The molecule has 4 aromatic rings. The van der Waals surface area contributed by atoms with Crippen LogP contribution in [0.15, 0.2) is 47.4 Å². The number of alkyl halides is 3. The van der Waals surface area contributed by atoms with Gasteiger partial charge >= 0.3 is 6.18 Å². The molecule has 4 heterocycles. The maximum atomic E-state index is 13.1. The zero-order valence-corrected chi connectivity index (χ0v) is 19.9. The number of rotatable bonds is 5. The van der Waals surface area contributed by atoms with Crippen LogP contribution >= 0.6 is 34.8 Å². The van der Waals surface area contributed by atoms with Gasteiger partial charge in [0.15, 0.2) is 5.65 Å². The van der Waals surface area contributed by atoms with E-state index in [2.05, 4.69) is 27.0 Å². The molecule has 7 nitrogen and oxygen atoms in total. The lowest BCUT2D eigenvalue weighted by atomic mass is 10.2. The summed E-state index contributed by atoms with van der Waals surface area (Å²) in [6.07, 6.45) is -0.551. The van der Waals surface area contributed by atoms with Gasteiger partial charge in [-0.2, -0.15) is 18.2 Å². The number of hydrogen-bond donors (Lipinski definition) is 1. The first-order valence-corrected chi connectivity index (χ1v) is 11.4. The van der Waals surface area contributed by atoms with Crippen molar-refractivity contribution in [3.8, 4) is 28.7 Å². The Morgan fingerprint density at radius 3 is 2.63 bits per heavy atom. The van der Waals surface area contributed by atoms with Gasteiger partial charge in [0, 0.05) is 24.2 Å². The van der Waals surface area contributed by atoms with Gasteiger partial charge < -0.3 is 19.0 Å². The van der Waals surface area contributed by atoms with Crippen molar-refractivity contribution in [3.05, 3.63) is 63.5 Å². The molecule has 0 radical (unpaired) electrons. The fourth-order valence-electron chi connectivity index (χ4n) is 3.66. The molecule has 3 aromatic heterocycles. The van der Waals surface area contributed by atoms with E-state index in [1.54, 1.807) is 6.07 Å². The molecule has 0 saturated carbocycles. The highest BCUT2D eigenvalue weighted by Gasteiger charge is 2.32. The third-order valence-corrected chi connectivity index (χ3v) is 6.27. The Hall–Kier alpha value is -2.95. The molecule has 1 aromatic carbocycles. The molecule has 182 valence electrons. The van der Waals surface area contributed by atoms with Crippen molar-refractivity contribution in [2.45, 2.75) is 25.1 Å². The quantitative estimate of drug-likeness (QED) is 0.302. The van der Waals surface area contributed by atoms with Crippen LogP contribution in [0.25, 0.3) is 28.6 Å². The van der Waals surface area contributed by atoms with Gasteiger partial charge in [0.2, 0.25) is 5.82 Å². The smallest absolute Gasteiger partial charge is 0.417 e. The predicted octanol–water partition coefficient (Wildman–Crippen LogP) is 6.67. The van der Waals surface area contributed by atoms with Crippen LogP contribution in [-0.2, 0) is 6.18 Å². The van der Waals surface area contributed by atoms with Gasteiger partial charge in [0.1, 0.15) is 18.1 Å². The van der Waals surface area contributed by atoms with Crippen molar-refractivity contribution in [1.29, 1.82) is 0 Å². The molecule has 0 spiro atoms. The maximum Gasteiger partial charge on any atom is 0.417 e. The highest BCUT2D eigenvalue weighted by atomic mass is 35.5. The zero-order valence-electron chi connectivity index (χ0n) is 17.7. The first kappa shape index (κ1) is 23.8. The first-order valence-electron chi connectivity index (χ1n) is 10.2. The number of benzene rings is 1. The molecular weight excluding hydrogens is 530 g/mol. The number of pyridine rings is 1. The lowest BCUT2D eigenvalue weighted by Crippen LogP contribution is -2.27. The molecule has 1 saturated heterocycles. The number of nitrogens with zero attached hydrogens (tertiary/aromatic N) is 4. The van der Waals surface area contributed by atoms with Crippen molar-refractivity contribution in [1.82, 2.24) is 24.8 Å². The monoisotopic (exact) mass is 543 g/mol. The zero-order chi connectivity index (χ0) is 24.9. The van der Waals surface area contributed by atoms with E-state index in [1.165, 1.54) is 12.3 Å². The van der Waals surface area contributed by atoms with Crippen molar-refractivity contribution in [2.75, 3.05) is 6.61 Å². The number of halogens is 6. The van der Waals surface area contributed by atoms with Crippen molar-refractivity contribution in [2.24, 2.45) is 0 Å². The Balaban J connectivity index is 1.40. The molecule has 35 heavy (non-hydrogen) atoms. The Morgan fingerprint density at radius 2 is 1.91 bits per heavy atom. The molecule has 0 amide bonds. The van der Waals surface area contributed by atoms with Crippen molar-refractivity contribution in [3.63, 3.8) is 0 Å². The molecule has 1 fully saturated rings. The van der Waals surface area contributed by atoms with Crippen LogP contribution in [0, 0.1) is 0 Å². The average Bonchev–Trinajstić information content (AvgIpc) is 3.52. The fourth-order valence-corrected chi connectivity index (χ4v) is 4.37. The SMILES string of the molecule is C=C1CC[C@H](COc2cc(Cl)c(-c3nc(-c4cn5cc(C(F)(F)F)cc(Cl)c5n4)no3)cc2Cl)N1. The van der Waals surface area contributed by atoms with E-state index in [0.717, 1.165) is 35.2 Å². The fraction of sp³-hybridized carbons (Fsp3) is 0.227. The minimum Gasteiger partial charge on any atom is -0.490 e. The summed E-state index contributed by atoms with van der Waals surface area (Å²) < 4.78 is 51.5. The van der Waals surface area contributed by atoms with Crippen LogP contribution in [0.3, 0.4) is 0 Å². The van der Waals surface area contributed by atoms with Gasteiger partial charge in [-0.25, -0.2) is 4.98 Å². The molecule has 0 aliphatic carbocycles. The van der Waals surface area contributed by atoms with E-state index in [9.17, 15) is 13.2 Å². The molecule has 1 aliphatic rings. The summed E-state index contributed by atoms with van der Waals surface area (Å²) in [5, 5.41) is 7.49. The summed E-state index contributed by atoms with van der Waals surface area (Å²) in [7, 11) is 0. The minimum absolute atomic E-state index is 0.0355. The molecule has 1 atom stereocenters. The standard InChI is InChI=1S/C22H15Cl3F3N5O2/c1-10-2-3-12(29-10)9-34-18-6-14(23)13(5-15(18)24)21-31-19(32-35-21)17-8-33-7-11(22(26,27)28)4-16(25)20(33)30-17/h4-8,12,29H,1-3,9H2/t12-/m1/s1. The van der Waals surface area contributed by atoms with Crippen LogP contribution in [0.5, 0.6) is 5.75 Å². The van der Waals surface area contributed by atoms with Gasteiger partial charge in [-0.3, -0.25) is 0 Å². The highest BCUT2D eigenvalue weighted by molar-refractivity contribution is 6.36. The lowest BCUT2D eigenvalue weighted by Gasteiger charge is -2.14. The topological polar surface area (TPSA) is 77.5 Å². The normalized spacial score (nSPS) is 16.2. The Morgan fingerprint density at radius 1 is 1.11 bits per heavy atom. The summed E-state index contributed by atoms with van der Waals surface area (Å²) in [6, 6.07) is 4.03. The van der Waals surface area contributed by atoms with Gasteiger partial charge in [-0.15, -0.1) is 0 Å². The Bertz CT molecular complexity index is 1450. The molecule has 1 N–H and O–H groups in total. The summed E-state index contributed by atoms with van der Waals surface area (Å²) in [6.45, 7) is 4.29. The van der Waals surface area contributed by atoms with Gasteiger partial charge in [0.25, 0.3) is 5.89 Å². The third-order valence-electron chi connectivity index (χ3n) is 5.38. The molecule has 5 rings (SSSR count). The van der Waals surface area contributed by atoms with E-state index < -0.39 is 11.7 Å². The van der Waals surface area contributed by atoms with E-state index in [4.69, 9.17) is 44.1 Å². The van der Waals surface area contributed by atoms with E-state index >= 15 is 0 Å². The number of hydrogen-bond acceptors (Lipinski definition) is 6. The third kappa shape index (κ3) is 4.78.